The zero-order valence-electron chi connectivity index (χ0n) is 23.3. The second-order valence-electron chi connectivity index (χ2n) is 10.7. The number of alkyl halides is 1. The molecule has 5 heterocycles. The molecule has 3 aromatic heterocycles. The van der Waals surface area contributed by atoms with Gasteiger partial charge in [-0.15, -0.1) is 0 Å². The van der Waals surface area contributed by atoms with Crippen LogP contribution in [0.15, 0.2) is 53.4 Å². The van der Waals surface area contributed by atoms with Crippen molar-refractivity contribution >= 4 is 60.8 Å². The van der Waals surface area contributed by atoms with E-state index in [4.69, 9.17) is 4.74 Å². The van der Waals surface area contributed by atoms with Gasteiger partial charge in [0.2, 0.25) is 11.8 Å². The molecule has 6 rings (SSSR count). The van der Waals surface area contributed by atoms with Crippen molar-refractivity contribution in [3.05, 3.63) is 59.1 Å². The Bertz CT molecular complexity index is 1760. The number of benzene rings is 1. The van der Waals surface area contributed by atoms with Crippen LogP contribution in [0.4, 0.5) is 10.2 Å². The van der Waals surface area contributed by atoms with Crippen molar-refractivity contribution in [1.82, 2.24) is 29.6 Å². The molecule has 2 amide bonds. The molecule has 3 N–H and O–H groups in total. The van der Waals surface area contributed by atoms with Crippen molar-refractivity contribution in [2.24, 2.45) is 0 Å². The van der Waals surface area contributed by atoms with Gasteiger partial charge in [-0.05, 0) is 45.8 Å². The maximum Gasteiger partial charge on any atom is 0.316 e. The maximum atomic E-state index is 14.5. The normalized spacial score (nSPS) is 20.2. The first-order valence-electron chi connectivity index (χ1n) is 13.6. The topological polar surface area (TPSA) is 173 Å². The minimum Gasteiger partial charge on any atom is -0.457 e. The van der Waals surface area contributed by atoms with Gasteiger partial charge in [0.15, 0.2) is 5.78 Å². The van der Waals surface area contributed by atoms with Crippen molar-refractivity contribution in [2.45, 2.75) is 38.2 Å². The lowest BCUT2D eigenvalue weighted by Gasteiger charge is -2.45. The van der Waals surface area contributed by atoms with E-state index in [1.165, 1.54) is 16.5 Å². The number of amides is 2. The van der Waals surface area contributed by atoms with E-state index in [-0.39, 0.29) is 60.4 Å². The van der Waals surface area contributed by atoms with Crippen LogP contribution in [0, 0.1) is 0 Å². The lowest BCUT2D eigenvalue weighted by atomic mass is 10.0. The number of ketones is 1. The number of likely N-dealkylation sites (tertiary alicyclic amines) is 1. The fraction of sp³-hybridized carbons (Fsp3) is 0.321. The second-order valence-corrected chi connectivity index (χ2v) is 13.7. The van der Waals surface area contributed by atoms with Crippen LogP contribution in [0.3, 0.4) is 0 Å². The highest BCUT2D eigenvalue weighted by Gasteiger charge is 2.40. The number of rotatable bonds is 8. The van der Waals surface area contributed by atoms with E-state index in [1.54, 1.807) is 48.8 Å². The molecule has 2 aliphatic heterocycles. The Labute approximate surface area is 260 Å². The molecule has 0 unspecified atom stereocenters. The van der Waals surface area contributed by atoms with Crippen LogP contribution in [-0.4, -0.2) is 92.7 Å². The first-order chi connectivity index (χ1) is 21.0. The summed E-state index contributed by atoms with van der Waals surface area (Å²) in [5.74, 6) is -0.811. The molecule has 1 aromatic carbocycles. The molecule has 0 bridgehead atoms. The molecule has 44 heavy (non-hydrogen) atoms. The number of anilines is 1. The minimum atomic E-state index is -2.54. The predicted molar refractivity (Wildman–Crippen MR) is 163 cm³/mol. The lowest BCUT2D eigenvalue weighted by molar-refractivity contribution is -0.137. The van der Waals surface area contributed by atoms with Crippen LogP contribution in [0.1, 0.15) is 23.8 Å². The van der Waals surface area contributed by atoms with Crippen molar-refractivity contribution in [1.29, 1.82) is 0 Å². The number of hydrogen-bond acceptors (Lipinski definition) is 10. The van der Waals surface area contributed by atoms with Gasteiger partial charge < -0.3 is 15.0 Å². The Hall–Kier alpha value is -3.99. The quantitative estimate of drug-likeness (QED) is 0.182. The van der Waals surface area contributed by atoms with Gasteiger partial charge in [0.05, 0.1) is 23.6 Å². The zero-order chi connectivity index (χ0) is 31.2. The lowest BCUT2D eigenvalue weighted by Crippen LogP contribution is -2.44. The molecule has 0 spiro atoms. The number of aromatic nitrogens is 5. The third-order valence-corrected chi connectivity index (χ3v) is 9.60. The average molecular weight is 689 g/mol. The molecule has 2 saturated heterocycles. The molecule has 230 valence electrons. The molecule has 4 aromatic rings. The number of nitrogens with zero attached hydrogens (tertiary/aromatic N) is 6. The van der Waals surface area contributed by atoms with Crippen molar-refractivity contribution < 1.29 is 32.6 Å². The number of fused-ring (bicyclic) bond motifs is 1. The van der Waals surface area contributed by atoms with Gasteiger partial charge in [0, 0.05) is 36.7 Å². The standard InChI is InChI=1S/C28H27BrFN7O6S/c1-15(38)26-20-7-16(17-9-31-28(32-10-17)43-19-13-44(41,42)14-19)5-6-21(20)37(35-26)12-25(39)36-11-18(30)8-22(36)27(40)34-24-4-2-3-23(29)33-24/h2-7,9-10,18-19,22,41-42H,8,11-14H2,1H3,(H,33,34,40)/t18-,22+/m1/s1. The summed E-state index contributed by atoms with van der Waals surface area (Å²) in [7, 11) is -2.54. The number of Topliss-reactive ketones (excluding diaryl/α,β-unsaturated/α-hetero) is 1. The summed E-state index contributed by atoms with van der Waals surface area (Å²) in [5, 5.41) is 7.54. The summed E-state index contributed by atoms with van der Waals surface area (Å²) < 4.78 is 41.0. The number of carbonyl (C=O) groups excluding carboxylic acids is 3. The smallest absolute Gasteiger partial charge is 0.316 e. The van der Waals surface area contributed by atoms with E-state index < -0.39 is 34.6 Å². The molecule has 2 fully saturated rings. The van der Waals surface area contributed by atoms with E-state index in [0.29, 0.717) is 26.6 Å². The average Bonchev–Trinajstić information content (AvgIpc) is 3.53. The fourth-order valence-electron chi connectivity index (χ4n) is 5.24. The zero-order valence-corrected chi connectivity index (χ0v) is 25.7. The Morgan fingerprint density at radius 2 is 1.89 bits per heavy atom. The van der Waals surface area contributed by atoms with Crippen LogP contribution >= 0.6 is 26.5 Å². The van der Waals surface area contributed by atoms with Crippen molar-refractivity contribution in [3.8, 4) is 17.1 Å². The van der Waals surface area contributed by atoms with Crippen LogP contribution in [0.25, 0.3) is 22.0 Å². The van der Waals surface area contributed by atoms with Crippen molar-refractivity contribution in [2.75, 3.05) is 23.4 Å². The van der Waals surface area contributed by atoms with Gasteiger partial charge in [-0.25, -0.2) is 19.3 Å². The van der Waals surface area contributed by atoms with Gasteiger partial charge in [0.1, 0.15) is 41.0 Å². The summed E-state index contributed by atoms with van der Waals surface area (Å²) in [6, 6.07) is 9.28. The molecule has 2 atom stereocenters. The molecule has 0 saturated carbocycles. The second kappa shape index (κ2) is 11.8. The monoisotopic (exact) mass is 687 g/mol. The number of nitrogens with one attached hydrogen (secondary N) is 1. The van der Waals surface area contributed by atoms with Gasteiger partial charge >= 0.3 is 6.01 Å². The largest absolute Gasteiger partial charge is 0.457 e. The Morgan fingerprint density at radius 1 is 1.14 bits per heavy atom. The molecule has 0 aliphatic carbocycles. The number of hydrogen-bond donors (Lipinski definition) is 3. The predicted octanol–water partition coefficient (Wildman–Crippen LogP) is 3.94. The Morgan fingerprint density at radius 3 is 2.57 bits per heavy atom. The van der Waals surface area contributed by atoms with E-state index in [9.17, 15) is 27.9 Å². The summed E-state index contributed by atoms with van der Waals surface area (Å²) >= 11 is 3.24. The van der Waals surface area contributed by atoms with Crippen LogP contribution in [0.5, 0.6) is 6.01 Å². The molecule has 0 radical (unpaired) electrons. The number of pyridine rings is 1. The Kier molecular flexibility index (Phi) is 8.08. The minimum absolute atomic E-state index is 0.114. The van der Waals surface area contributed by atoms with E-state index in [2.05, 4.69) is 41.3 Å². The highest BCUT2D eigenvalue weighted by molar-refractivity contribution is 9.10. The van der Waals surface area contributed by atoms with Crippen LogP contribution in [-0.2, 0) is 16.1 Å². The molecule has 2 aliphatic rings. The van der Waals surface area contributed by atoms with E-state index in [0.717, 1.165) is 0 Å². The summed E-state index contributed by atoms with van der Waals surface area (Å²) in [4.78, 5) is 52.7. The maximum absolute atomic E-state index is 14.5. The molecule has 13 nitrogen and oxygen atoms in total. The Balaban J connectivity index is 1.20. The fourth-order valence-corrected chi connectivity index (χ4v) is 6.82. The highest BCUT2D eigenvalue weighted by Crippen LogP contribution is 2.49. The third-order valence-electron chi connectivity index (χ3n) is 7.35. The van der Waals surface area contributed by atoms with Crippen molar-refractivity contribution in [3.63, 3.8) is 0 Å². The van der Waals surface area contributed by atoms with Gasteiger partial charge in [-0.1, -0.05) is 12.1 Å². The highest BCUT2D eigenvalue weighted by atomic mass is 79.9. The SMILES string of the molecule is CC(=O)c1nn(CC(=O)N2C[C@H](F)C[C@H]2C(=O)Nc2cccc(Br)n2)c2ccc(-c3cnc(OC4CS(O)(O)C4)nc3)cc12. The number of carbonyl (C=O) groups is 3. The first-order valence-corrected chi connectivity index (χ1v) is 16.2. The molecule has 16 heteroatoms. The van der Waals surface area contributed by atoms with Gasteiger partial charge in [-0.2, -0.15) is 15.7 Å². The molecular formula is C28H27BrFN7O6S. The summed E-state index contributed by atoms with van der Waals surface area (Å²) in [6.45, 7) is 0.819. The first kappa shape index (κ1) is 30.1. The summed E-state index contributed by atoms with van der Waals surface area (Å²) in [5.41, 5.74) is 1.98. The number of ether oxygens (including phenoxy) is 1. The number of halogens is 2. The van der Waals surface area contributed by atoms with Gasteiger partial charge in [0.25, 0.3) is 0 Å². The van der Waals surface area contributed by atoms with Gasteiger partial charge in [-0.3, -0.25) is 28.2 Å². The summed E-state index contributed by atoms with van der Waals surface area (Å²) in [6.07, 6.45) is 1.23. The van der Waals surface area contributed by atoms with E-state index >= 15 is 0 Å². The third kappa shape index (κ3) is 6.29. The molecular weight excluding hydrogens is 661 g/mol. The van der Waals surface area contributed by atoms with Crippen LogP contribution < -0.4 is 10.1 Å². The van der Waals surface area contributed by atoms with E-state index in [1.807, 2.05) is 0 Å². The van der Waals surface area contributed by atoms with Crippen LogP contribution in [0.2, 0.25) is 0 Å².